The topological polar surface area (TPSA) is 127 Å². The fraction of sp³-hybridized carbons (Fsp3) is 0.429. The molecule has 0 spiro atoms. The first-order valence-corrected chi connectivity index (χ1v) is 10.3. The van der Waals surface area contributed by atoms with E-state index in [0.29, 0.717) is 28.9 Å². The molecule has 0 amide bonds. The van der Waals surface area contributed by atoms with Crippen molar-refractivity contribution in [3.63, 3.8) is 0 Å². The molecule has 1 aliphatic heterocycles. The van der Waals surface area contributed by atoms with Gasteiger partial charge >= 0.3 is 0 Å². The average molecular weight is 450 g/mol. The molecule has 31 heavy (non-hydrogen) atoms. The van der Waals surface area contributed by atoms with Gasteiger partial charge in [-0.1, -0.05) is 11.6 Å². The van der Waals surface area contributed by atoms with Crippen molar-refractivity contribution in [1.29, 1.82) is 0 Å². The lowest BCUT2D eigenvalue weighted by atomic mass is 10.0. The van der Waals surface area contributed by atoms with Crippen molar-refractivity contribution in [2.24, 2.45) is 0 Å². The van der Waals surface area contributed by atoms with Gasteiger partial charge < -0.3 is 20.7 Å². The molecule has 3 aromatic rings. The zero-order chi connectivity index (χ0) is 22.6. The molecule has 1 fully saturated rings. The number of ether oxygens (including phenoxy) is 1. The summed E-state index contributed by atoms with van der Waals surface area (Å²) in [5.74, 6) is -0.532. The van der Waals surface area contributed by atoms with Gasteiger partial charge in [0.2, 0.25) is 5.95 Å². The number of benzene rings is 1. The highest BCUT2D eigenvalue weighted by atomic mass is 35.5. The van der Waals surface area contributed by atoms with Crippen molar-refractivity contribution in [2.45, 2.75) is 44.8 Å². The standard InChI is InChI=1S/C15H13ClFN5O.C6H12O2/c1-15(2,23)11-5-8-3-7(4-10(17)13(8)22-21-11)12-9(16)6-19-14(18)20-12;7-6-3-1-2-4-8-5-6/h3-6,23H,1-2H3,(H2,18,19,20);6-7H,1-5H2. The molecule has 2 aromatic heterocycles. The number of hydrogen-bond donors (Lipinski definition) is 3. The Morgan fingerprint density at radius 1 is 1.23 bits per heavy atom. The summed E-state index contributed by atoms with van der Waals surface area (Å²) in [5, 5.41) is 27.4. The molecule has 0 aliphatic carbocycles. The van der Waals surface area contributed by atoms with Gasteiger partial charge in [-0.2, -0.15) is 5.10 Å². The van der Waals surface area contributed by atoms with Gasteiger partial charge in [0, 0.05) is 17.6 Å². The Balaban J connectivity index is 0.000000287. The second-order valence-corrected chi connectivity index (χ2v) is 8.24. The van der Waals surface area contributed by atoms with Crippen LogP contribution in [0.25, 0.3) is 22.2 Å². The minimum Gasteiger partial charge on any atom is -0.391 e. The fourth-order valence-electron chi connectivity index (χ4n) is 3.02. The number of aliphatic hydroxyl groups excluding tert-OH is 1. The molecule has 1 saturated heterocycles. The number of anilines is 1. The maximum Gasteiger partial charge on any atom is 0.220 e. The first-order valence-electron chi connectivity index (χ1n) is 9.89. The molecule has 4 rings (SSSR count). The van der Waals surface area contributed by atoms with Crippen LogP contribution in [0.2, 0.25) is 5.02 Å². The second-order valence-electron chi connectivity index (χ2n) is 7.83. The number of aromatic nitrogens is 4. The number of halogens is 2. The second kappa shape index (κ2) is 9.78. The Hall–Kier alpha value is -2.46. The molecular formula is C21H25ClFN5O3. The molecule has 1 aliphatic rings. The van der Waals surface area contributed by atoms with E-state index >= 15 is 0 Å². The van der Waals surface area contributed by atoms with Crippen molar-refractivity contribution in [3.8, 4) is 11.3 Å². The van der Waals surface area contributed by atoms with Gasteiger partial charge in [-0.05, 0) is 51.3 Å². The van der Waals surface area contributed by atoms with Gasteiger partial charge in [0.1, 0.15) is 11.1 Å². The summed E-state index contributed by atoms with van der Waals surface area (Å²) < 4.78 is 19.4. The number of aliphatic hydroxyl groups is 2. The molecule has 1 aromatic carbocycles. The van der Waals surface area contributed by atoms with Gasteiger partial charge in [-0.15, -0.1) is 5.10 Å². The molecule has 4 N–H and O–H groups in total. The Bertz CT molecular complexity index is 1050. The Morgan fingerprint density at radius 2 is 2.00 bits per heavy atom. The van der Waals surface area contributed by atoms with E-state index in [0.717, 1.165) is 25.9 Å². The number of rotatable bonds is 2. The predicted molar refractivity (Wildman–Crippen MR) is 116 cm³/mol. The first-order chi connectivity index (χ1) is 14.6. The predicted octanol–water partition coefficient (Wildman–Crippen LogP) is 3.24. The Kier molecular flexibility index (Phi) is 7.32. The zero-order valence-electron chi connectivity index (χ0n) is 17.3. The Labute approximate surface area is 184 Å². The van der Waals surface area contributed by atoms with Gasteiger partial charge in [-0.25, -0.2) is 14.4 Å². The highest BCUT2D eigenvalue weighted by Gasteiger charge is 2.20. The normalized spacial score (nSPS) is 17.0. The number of fused-ring (bicyclic) bond motifs is 1. The fourth-order valence-corrected chi connectivity index (χ4v) is 3.22. The van der Waals surface area contributed by atoms with Crippen molar-refractivity contribution >= 4 is 28.5 Å². The van der Waals surface area contributed by atoms with Crippen LogP contribution in [0.15, 0.2) is 24.4 Å². The number of nitrogens with two attached hydrogens (primary N) is 1. The third kappa shape index (κ3) is 6.04. The lowest BCUT2D eigenvalue weighted by Crippen LogP contribution is -2.18. The van der Waals surface area contributed by atoms with Gasteiger partial charge in [-0.3, -0.25) is 0 Å². The van der Waals surface area contributed by atoms with Gasteiger partial charge in [0.15, 0.2) is 5.82 Å². The maximum atomic E-state index is 14.3. The highest BCUT2D eigenvalue weighted by Crippen LogP contribution is 2.30. The van der Waals surface area contributed by atoms with Gasteiger partial charge in [0.25, 0.3) is 0 Å². The zero-order valence-corrected chi connectivity index (χ0v) is 18.1. The largest absolute Gasteiger partial charge is 0.391 e. The molecular weight excluding hydrogens is 425 g/mol. The monoisotopic (exact) mass is 449 g/mol. The lowest BCUT2D eigenvalue weighted by molar-refractivity contribution is 0.0512. The number of nitrogen functional groups attached to an aromatic ring is 1. The van der Waals surface area contributed by atoms with E-state index in [-0.39, 0.29) is 22.6 Å². The quantitative estimate of drug-likeness (QED) is 0.544. The van der Waals surface area contributed by atoms with Crippen LogP contribution in [0.3, 0.4) is 0 Å². The summed E-state index contributed by atoms with van der Waals surface area (Å²) in [7, 11) is 0. The van der Waals surface area contributed by atoms with Crippen LogP contribution in [-0.4, -0.2) is 49.7 Å². The summed E-state index contributed by atoms with van der Waals surface area (Å²) in [5.41, 5.74) is 5.56. The van der Waals surface area contributed by atoms with Crippen molar-refractivity contribution in [3.05, 3.63) is 40.9 Å². The minimum atomic E-state index is -1.19. The summed E-state index contributed by atoms with van der Waals surface area (Å²) in [6, 6.07) is 4.50. The van der Waals surface area contributed by atoms with E-state index < -0.39 is 11.4 Å². The molecule has 8 nitrogen and oxygen atoms in total. The third-order valence-corrected chi connectivity index (χ3v) is 4.97. The van der Waals surface area contributed by atoms with E-state index in [1.54, 1.807) is 26.0 Å². The number of nitrogens with zero attached hydrogens (tertiary/aromatic N) is 4. The van der Waals surface area contributed by atoms with Crippen LogP contribution in [0.5, 0.6) is 0 Å². The van der Waals surface area contributed by atoms with Gasteiger partial charge in [0.05, 0.1) is 35.3 Å². The molecule has 0 saturated carbocycles. The summed E-state index contributed by atoms with van der Waals surface area (Å²) >= 11 is 6.07. The molecule has 1 unspecified atom stereocenters. The summed E-state index contributed by atoms with van der Waals surface area (Å²) in [6.07, 6.45) is 4.30. The number of hydrogen-bond acceptors (Lipinski definition) is 8. The molecule has 3 heterocycles. The SMILES string of the molecule is CC(C)(O)c1cc2cc(-c3nc(N)ncc3Cl)cc(F)c2nn1.OC1CCCCOC1. The van der Waals surface area contributed by atoms with Crippen LogP contribution in [0.1, 0.15) is 38.8 Å². The van der Waals surface area contributed by atoms with E-state index in [9.17, 15) is 9.50 Å². The highest BCUT2D eigenvalue weighted by molar-refractivity contribution is 6.33. The lowest BCUT2D eigenvalue weighted by Gasteiger charge is -2.16. The van der Waals surface area contributed by atoms with E-state index in [1.165, 1.54) is 12.3 Å². The van der Waals surface area contributed by atoms with Crippen LogP contribution in [0.4, 0.5) is 10.3 Å². The van der Waals surface area contributed by atoms with Crippen LogP contribution in [-0.2, 0) is 10.3 Å². The maximum absolute atomic E-state index is 14.3. The smallest absolute Gasteiger partial charge is 0.220 e. The summed E-state index contributed by atoms with van der Waals surface area (Å²) in [4.78, 5) is 7.83. The third-order valence-electron chi connectivity index (χ3n) is 4.69. The van der Waals surface area contributed by atoms with Crippen LogP contribution < -0.4 is 5.73 Å². The first kappa shape index (κ1) is 23.2. The van der Waals surface area contributed by atoms with Crippen LogP contribution in [0, 0.1) is 5.82 Å². The molecule has 1 atom stereocenters. The summed E-state index contributed by atoms with van der Waals surface area (Å²) in [6.45, 7) is 4.52. The molecule has 0 radical (unpaired) electrons. The van der Waals surface area contributed by atoms with Crippen molar-refractivity contribution in [1.82, 2.24) is 20.2 Å². The molecule has 166 valence electrons. The minimum absolute atomic E-state index is 0.0370. The van der Waals surface area contributed by atoms with E-state index in [2.05, 4.69) is 20.2 Å². The average Bonchev–Trinajstić information content (AvgIpc) is 2.96. The van der Waals surface area contributed by atoms with E-state index in [4.69, 9.17) is 27.2 Å². The van der Waals surface area contributed by atoms with Crippen molar-refractivity contribution in [2.75, 3.05) is 18.9 Å². The molecule has 10 heteroatoms. The Morgan fingerprint density at radius 3 is 2.74 bits per heavy atom. The van der Waals surface area contributed by atoms with E-state index in [1.807, 2.05) is 0 Å². The van der Waals surface area contributed by atoms with Crippen molar-refractivity contribution < 1.29 is 19.3 Å². The van der Waals surface area contributed by atoms with Crippen LogP contribution >= 0.6 is 11.6 Å². The molecule has 0 bridgehead atoms.